The van der Waals surface area contributed by atoms with Crippen LogP contribution in [0.1, 0.15) is 84.5 Å². The van der Waals surface area contributed by atoms with Crippen LogP contribution < -0.4 is 0 Å². The largest absolute Gasteiger partial charge is 0.376 e. The van der Waals surface area contributed by atoms with Crippen molar-refractivity contribution in [2.45, 2.75) is 90.6 Å². The van der Waals surface area contributed by atoms with Crippen LogP contribution in [0.25, 0.3) is 0 Å². The normalized spacial score (nSPS) is 12.2. The van der Waals surface area contributed by atoms with Gasteiger partial charge in [0.05, 0.1) is 33.5 Å². The highest BCUT2D eigenvalue weighted by molar-refractivity contribution is 4.79. The zero-order valence-corrected chi connectivity index (χ0v) is 19.8. The fraction of sp³-hybridized carbons (Fsp3) is 0.909. The van der Waals surface area contributed by atoms with Gasteiger partial charge in [0, 0.05) is 6.42 Å². The molecule has 31 heavy (non-hydrogen) atoms. The van der Waals surface area contributed by atoms with Crippen molar-refractivity contribution >= 4 is 0 Å². The van der Waals surface area contributed by atoms with Gasteiger partial charge < -0.3 is 9.62 Å². The van der Waals surface area contributed by atoms with E-state index in [1.807, 2.05) is 0 Å². The maximum atomic E-state index is 5.41. The third-order valence-corrected chi connectivity index (χ3v) is 4.26. The lowest BCUT2D eigenvalue weighted by Gasteiger charge is -2.11. The smallest absolute Gasteiger partial charge is 0.141 e. The second-order valence-corrected chi connectivity index (χ2v) is 7.30. The molecular weight excluding hydrogens is 408 g/mol. The predicted octanol–water partition coefficient (Wildman–Crippen LogP) is 5.55. The zero-order chi connectivity index (χ0) is 22.8. The predicted molar refractivity (Wildman–Crippen MR) is 115 cm³/mol. The summed E-state index contributed by atoms with van der Waals surface area (Å²) in [6.45, 7) is 9.55. The van der Waals surface area contributed by atoms with Gasteiger partial charge >= 0.3 is 0 Å². The molecule has 0 heterocycles. The highest BCUT2D eigenvalue weighted by atomic mass is 17.5. The molecule has 0 spiro atoms. The molecule has 0 aromatic rings. The molecule has 9 heteroatoms. The number of unbranched alkanes of at least 4 members (excludes halogenated alkanes) is 9. The van der Waals surface area contributed by atoms with Gasteiger partial charge in [0.1, 0.15) is 18.5 Å². The van der Waals surface area contributed by atoms with E-state index in [2.05, 4.69) is 33.4 Å². The van der Waals surface area contributed by atoms with Crippen molar-refractivity contribution in [1.29, 1.82) is 0 Å². The minimum absolute atomic E-state index is 0.184. The lowest BCUT2D eigenvalue weighted by atomic mass is 10.1. The fourth-order valence-corrected chi connectivity index (χ4v) is 2.54. The highest BCUT2D eigenvalue weighted by Gasteiger charge is 2.05. The average molecular weight is 453 g/mol. The zero-order valence-electron chi connectivity index (χ0n) is 19.8. The first kappa shape index (κ1) is 30.2. The summed E-state index contributed by atoms with van der Waals surface area (Å²) in [7, 11) is 1.32. The molecule has 0 saturated heterocycles. The van der Waals surface area contributed by atoms with Gasteiger partial charge in [0.25, 0.3) is 0 Å². The van der Waals surface area contributed by atoms with E-state index < -0.39 is 0 Å². The summed E-state index contributed by atoms with van der Waals surface area (Å²) in [6, 6.07) is 0. The Morgan fingerprint density at radius 1 is 0.742 bits per heavy atom. The van der Waals surface area contributed by atoms with Crippen LogP contribution in [0.4, 0.5) is 0 Å². The molecular formula is C22H44O9. The van der Waals surface area contributed by atoms with E-state index in [-0.39, 0.29) is 12.7 Å². The summed E-state index contributed by atoms with van der Waals surface area (Å²) in [5, 5.41) is 8.87. The van der Waals surface area contributed by atoms with Crippen molar-refractivity contribution < 1.29 is 44.1 Å². The van der Waals surface area contributed by atoms with Gasteiger partial charge in [0.2, 0.25) is 0 Å². The quantitative estimate of drug-likeness (QED) is 0.0725. The van der Waals surface area contributed by atoms with Gasteiger partial charge in [-0.05, 0) is 18.4 Å². The average Bonchev–Trinajstić information content (AvgIpc) is 2.77. The van der Waals surface area contributed by atoms with Gasteiger partial charge in [-0.1, -0.05) is 76.3 Å². The number of hydrogen-bond acceptors (Lipinski definition) is 9. The maximum absolute atomic E-state index is 5.41. The Labute approximate surface area is 187 Å². The Hall–Kier alpha value is -0.780. The summed E-state index contributed by atoms with van der Waals surface area (Å²) < 4.78 is 5.41. The second-order valence-electron chi connectivity index (χ2n) is 7.30. The van der Waals surface area contributed by atoms with Crippen LogP contribution in [-0.2, 0) is 44.1 Å². The Balaban J connectivity index is 3.18. The van der Waals surface area contributed by atoms with Gasteiger partial charge in [-0.25, -0.2) is 19.6 Å². The number of rotatable bonds is 26. The van der Waals surface area contributed by atoms with Crippen LogP contribution in [0.2, 0.25) is 0 Å². The molecule has 0 rings (SSSR count). The van der Waals surface area contributed by atoms with Crippen molar-refractivity contribution in [2.24, 2.45) is 0 Å². The molecule has 1 atom stereocenters. The molecule has 0 aromatic heterocycles. The molecule has 186 valence electrons. The molecule has 0 N–H and O–H groups in total. The molecule has 1 unspecified atom stereocenters. The molecule has 0 aromatic carbocycles. The molecule has 0 aliphatic heterocycles. The van der Waals surface area contributed by atoms with Crippen molar-refractivity contribution in [2.75, 3.05) is 40.1 Å². The first-order chi connectivity index (χ1) is 15.2. The standard InChI is InChI=1S/C22H44O9/c1-5-6-7-8-9-10-11-12-13-14-16-25-26-19-18-24-20-22(3)29-31-27-17-15-21(2)28-30-23-4/h22H,2,5-20H2,1,3-4H3. The van der Waals surface area contributed by atoms with E-state index in [0.717, 1.165) is 6.42 Å². The third-order valence-electron chi connectivity index (χ3n) is 4.26. The van der Waals surface area contributed by atoms with Gasteiger partial charge in [-0.3, -0.25) is 0 Å². The first-order valence-corrected chi connectivity index (χ1v) is 11.5. The molecule has 0 aliphatic carbocycles. The summed E-state index contributed by atoms with van der Waals surface area (Å²) in [4.78, 5) is 29.0. The third kappa shape index (κ3) is 25.4. The second kappa shape index (κ2) is 25.5. The number of ether oxygens (including phenoxy) is 1. The van der Waals surface area contributed by atoms with Crippen molar-refractivity contribution in [1.82, 2.24) is 0 Å². The molecule has 0 bridgehead atoms. The molecule has 0 radical (unpaired) electrons. The molecule has 0 aliphatic rings. The maximum Gasteiger partial charge on any atom is 0.141 e. The number of hydrogen-bond donors (Lipinski definition) is 0. The monoisotopic (exact) mass is 452 g/mol. The minimum atomic E-state index is -0.302. The lowest BCUT2D eigenvalue weighted by Crippen LogP contribution is -2.18. The van der Waals surface area contributed by atoms with Crippen LogP contribution in [0.15, 0.2) is 12.3 Å². The van der Waals surface area contributed by atoms with Crippen molar-refractivity contribution in [3.05, 3.63) is 12.3 Å². The van der Waals surface area contributed by atoms with Crippen LogP contribution in [0.3, 0.4) is 0 Å². The minimum Gasteiger partial charge on any atom is -0.376 e. The van der Waals surface area contributed by atoms with Gasteiger partial charge in [-0.15, -0.1) is 0 Å². The molecule has 9 nitrogen and oxygen atoms in total. The van der Waals surface area contributed by atoms with Gasteiger partial charge in [0.15, 0.2) is 0 Å². The van der Waals surface area contributed by atoms with Gasteiger partial charge in [-0.2, -0.15) is 4.89 Å². The summed E-state index contributed by atoms with van der Waals surface area (Å²) in [6.07, 6.45) is 13.1. The van der Waals surface area contributed by atoms with Crippen molar-refractivity contribution in [3.8, 4) is 0 Å². The topological polar surface area (TPSA) is 83.1 Å². The summed E-state index contributed by atoms with van der Waals surface area (Å²) >= 11 is 0. The van der Waals surface area contributed by atoms with E-state index >= 15 is 0 Å². The van der Waals surface area contributed by atoms with Crippen molar-refractivity contribution in [3.63, 3.8) is 0 Å². The Kier molecular flexibility index (Phi) is 24.8. The summed E-state index contributed by atoms with van der Waals surface area (Å²) in [5.74, 6) is 0.331. The van der Waals surface area contributed by atoms with E-state index in [9.17, 15) is 0 Å². The van der Waals surface area contributed by atoms with E-state index in [1.165, 1.54) is 64.9 Å². The molecule has 0 fully saturated rings. The first-order valence-electron chi connectivity index (χ1n) is 11.5. The molecule has 0 saturated carbocycles. The lowest BCUT2D eigenvalue weighted by molar-refractivity contribution is -0.527. The highest BCUT2D eigenvalue weighted by Crippen LogP contribution is 2.10. The van der Waals surface area contributed by atoms with E-state index in [1.54, 1.807) is 6.92 Å². The van der Waals surface area contributed by atoms with Crippen LogP contribution in [0, 0.1) is 0 Å². The van der Waals surface area contributed by atoms with Crippen LogP contribution >= 0.6 is 0 Å². The Morgan fingerprint density at radius 2 is 1.39 bits per heavy atom. The van der Waals surface area contributed by atoms with E-state index in [4.69, 9.17) is 24.3 Å². The summed E-state index contributed by atoms with van der Waals surface area (Å²) in [5.41, 5.74) is 0. The van der Waals surface area contributed by atoms with E-state index in [0.29, 0.717) is 38.6 Å². The fourth-order valence-electron chi connectivity index (χ4n) is 2.54. The van der Waals surface area contributed by atoms with Crippen LogP contribution in [0.5, 0.6) is 0 Å². The SMILES string of the molecule is C=C(CCOOOC(C)COCCOOCCCCCCCCCCCC)OOOC. The Bertz CT molecular complexity index is 369. The molecule has 0 amide bonds. The van der Waals surface area contributed by atoms with Crippen LogP contribution in [-0.4, -0.2) is 46.2 Å². The Morgan fingerprint density at radius 3 is 2.06 bits per heavy atom.